The van der Waals surface area contributed by atoms with Crippen LogP contribution in [-0.2, 0) is 6.54 Å². The molecule has 0 aromatic carbocycles. The van der Waals surface area contributed by atoms with Crippen LogP contribution < -0.4 is 0 Å². The minimum Gasteiger partial charge on any atom is -0.248 e. The second-order valence-corrected chi connectivity index (χ2v) is 2.66. The summed E-state index contributed by atoms with van der Waals surface area (Å²) in [4.78, 5) is 0. The van der Waals surface area contributed by atoms with Crippen LogP contribution in [0.4, 0.5) is 0 Å². The standard InChI is InChI=1S/C5H6IN3/c1-2-3-9-4-5(6)7-8-9/h2,4H,1,3H2. The van der Waals surface area contributed by atoms with Gasteiger partial charge in [0, 0.05) is 0 Å². The predicted molar refractivity (Wildman–Crippen MR) is 42.9 cm³/mol. The lowest BCUT2D eigenvalue weighted by atomic mass is 10.6. The van der Waals surface area contributed by atoms with Crippen molar-refractivity contribution in [2.24, 2.45) is 0 Å². The normalized spacial score (nSPS) is 9.44. The molecular formula is C5H6IN3. The van der Waals surface area contributed by atoms with E-state index in [2.05, 4.69) is 39.5 Å². The van der Waals surface area contributed by atoms with Gasteiger partial charge in [0.15, 0.2) is 0 Å². The fraction of sp³-hybridized carbons (Fsp3) is 0.200. The molecule has 0 saturated carbocycles. The first-order valence-corrected chi connectivity index (χ1v) is 3.57. The number of rotatable bonds is 2. The number of halogens is 1. The van der Waals surface area contributed by atoms with Gasteiger partial charge in [0.2, 0.25) is 0 Å². The molecule has 1 aromatic heterocycles. The Bertz CT molecular complexity index is 206. The van der Waals surface area contributed by atoms with Crippen LogP contribution in [0.1, 0.15) is 0 Å². The van der Waals surface area contributed by atoms with Gasteiger partial charge in [-0.05, 0) is 22.6 Å². The maximum atomic E-state index is 3.79. The van der Waals surface area contributed by atoms with Crippen molar-refractivity contribution in [3.8, 4) is 0 Å². The minimum atomic E-state index is 0.732. The molecule has 0 aliphatic rings. The highest BCUT2D eigenvalue weighted by Crippen LogP contribution is 1.95. The van der Waals surface area contributed by atoms with Gasteiger partial charge in [-0.25, -0.2) is 4.68 Å². The molecule has 0 aliphatic heterocycles. The van der Waals surface area contributed by atoms with Gasteiger partial charge in [-0.1, -0.05) is 11.3 Å². The van der Waals surface area contributed by atoms with E-state index in [1.54, 1.807) is 10.8 Å². The number of aromatic nitrogens is 3. The van der Waals surface area contributed by atoms with E-state index in [4.69, 9.17) is 0 Å². The first-order chi connectivity index (χ1) is 4.33. The van der Waals surface area contributed by atoms with E-state index in [0.717, 1.165) is 10.2 Å². The fourth-order valence-electron chi connectivity index (χ4n) is 0.496. The Labute approximate surface area is 66.9 Å². The highest BCUT2D eigenvalue weighted by atomic mass is 127. The summed E-state index contributed by atoms with van der Waals surface area (Å²) in [6, 6.07) is 0. The van der Waals surface area contributed by atoms with E-state index >= 15 is 0 Å². The lowest BCUT2D eigenvalue weighted by molar-refractivity contribution is 0.662. The summed E-state index contributed by atoms with van der Waals surface area (Å²) in [6.45, 7) is 4.31. The molecule has 0 radical (unpaired) electrons. The number of nitrogens with zero attached hydrogens (tertiary/aromatic N) is 3. The molecule has 0 saturated heterocycles. The molecule has 0 fully saturated rings. The Hall–Kier alpha value is -0.390. The Morgan fingerprint density at radius 3 is 3.11 bits per heavy atom. The quantitative estimate of drug-likeness (QED) is 0.567. The largest absolute Gasteiger partial charge is 0.248 e. The van der Waals surface area contributed by atoms with Crippen LogP contribution in [-0.4, -0.2) is 15.0 Å². The zero-order valence-electron chi connectivity index (χ0n) is 4.79. The molecule has 3 nitrogen and oxygen atoms in total. The van der Waals surface area contributed by atoms with Crippen molar-refractivity contribution in [2.75, 3.05) is 0 Å². The molecule has 1 aromatic rings. The molecular weight excluding hydrogens is 229 g/mol. The molecule has 0 amide bonds. The topological polar surface area (TPSA) is 30.7 Å². The molecule has 0 bridgehead atoms. The molecule has 0 aliphatic carbocycles. The van der Waals surface area contributed by atoms with Crippen molar-refractivity contribution in [1.29, 1.82) is 0 Å². The molecule has 0 atom stereocenters. The monoisotopic (exact) mass is 235 g/mol. The third-order valence-electron chi connectivity index (χ3n) is 0.827. The zero-order valence-corrected chi connectivity index (χ0v) is 6.95. The third-order valence-corrected chi connectivity index (χ3v) is 1.32. The number of hydrogen-bond acceptors (Lipinski definition) is 2. The van der Waals surface area contributed by atoms with E-state index in [9.17, 15) is 0 Å². The second kappa shape index (κ2) is 2.95. The van der Waals surface area contributed by atoms with E-state index in [-0.39, 0.29) is 0 Å². The predicted octanol–water partition coefficient (Wildman–Crippen LogP) is 1.07. The lowest BCUT2D eigenvalue weighted by Gasteiger charge is -1.87. The first-order valence-electron chi connectivity index (χ1n) is 2.49. The van der Waals surface area contributed by atoms with Gasteiger partial charge in [-0.3, -0.25) is 0 Å². The molecule has 1 heterocycles. The maximum Gasteiger partial charge on any atom is 0.143 e. The number of allylic oxidation sites excluding steroid dienone is 1. The Morgan fingerprint density at radius 2 is 2.67 bits per heavy atom. The van der Waals surface area contributed by atoms with Gasteiger partial charge in [-0.15, -0.1) is 11.7 Å². The summed E-state index contributed by atoms with van der Waals surface area (Å²) in [7, 11) is 0. The molecule has 4 heteroatoms. The van der Waals surface area contributed by atoms with Crippen LogP contribution >= 0.6 is 22.6 Å². The van der Waals surface area contributed by atoms with Crippen molar-refractivity contribution >= 4 is 22.6 Å². The second-order valence-electron chi connectivity index (χ2n) is 1.55. The summed E-state index contributed by atoms with van der Waals surface area (Å²) < 4.78 is 2.64. The van der Waals surface area contributed by atoms with Gasteiger partial charge in [-0.2, -0.15) is 0 Å². The van der Waals surface area contributed by atoms with Gasteiger partial charge in [0.05, 0.1) is 12.7 Å². The average molecular weight is 235 g/mol. The Morgan fingerprint density at radius 1 is 1.89 bits per heavy atom. The fourth-order valence-corrected chi connectivity index (χ4v) is 0.914. The summed E-state index contributed by atoms with van der Waals surface area (Å²) in [5.74, 6) is 0. The van der Waals surface area contributed by atoms with E-state index in [0.29, 0.717) is 0 Å². The molecule has 9 heavy (non-hydrogen) atoms. The van der Waals surface area contributed by atoms with Crippen LogP contribution in [0.3, 0.4) is 0 Å². The van der Waals surface area contributed by atoms with Crippen molar-refractivity contribution in [3.63, 3.8) is 0 Å². The molecule has 48 valence electrons. The van der Waals surface area contributed by atoms with E-state index in [1.807, 2.05) is 6.20 Å². The Balaban J connectivity index is 2.72. The summed E-state index contributed by atoms with van der Waals surface area (Å²) in [5, 5.41) is 7.58. The van der Waals surface area contributed by atoms with Crippen LogP contribution in [0.15, 0.2) is 18.9 Å². The third kappa shape index (κ3) is 1.78. The molecule has 0 spiro atoms. The minimum absolute atomic E-state index is 0.732. The SMILES string of the molecule is C=CCn1cc(I)nn1. The highest BCUT2D eigenvalue weighted by Gasteiger charge is 1.90. The zero-order chi connectivity index (χ0) is 6.69. The van der Waals surface area contributed by atoms with Crippen molar-refractivity contribution in [1.82, 2.24) is 15.0 Å². The summed E-state index contributed by atoms with van der Waals surface area (Å²) in [5.41, 5.74) is 0. The Kier molecular flexibility index (Phi) is 2.21. The molecule has 1 rings (SSSR count). The average Bonchev–Trinajstić information content (AvgIpc) is 2.17. The van der Waals surface area contributed by atoms with Gasteiger partial charge >= 0.3 is 0 Å². The van der Waals surface area contributed by atoms with Crippen molar-refractivity contribution in [3.05, 3.63) is 22.6 Å². The highest BCUT2D eigenvalue weighted by molar-refractivity contribution is 14.1. The maximum absolute atomic E-state index is 3.79. The van der Waals surface area contributed by atoms with Gasteiger partial charge < -0.3 is 0 Å². The number of hydrogen-bond donors (Lipinski definition) is 0. The van der Waals surface area contributed by atoms with E-state index in [1.165, 1.54) is 0 Å². The first kappa shape index (κ1) is 6.73. The molecule has 0 unspecified atom stereocenters. The molecule has 0 N–H and O–H groups in total. The lowest BCUT2D eigenvalue weighted by Crippen LogP contribution is -1.94. The van der Waals surface area contributed by atoms with Crippen molar-refractivity contribution < 1.29 is 0 Å². The summed E-state index contributed by atoms with van der Waals surface area (Å²) >= 11 is 2.11. The van der Waals surface area contributed by atoms with Gasteiger partial charge in [0.25, 0.3) is 0 Å². The van der Waals surface area contributed by atoms with Gasteiger partial charge in [0.1, 0.15) is 3.70 Å². The van der Waals surface area contributed by atoms with Crippen molar-refractivity contribution in [2.45, 2.75) is 6.54 Å². The smallest absolute Gasteiger partial charge is 0.143 e. The van der Waals surface area contributed by atoms with Crippen LogP contribution in [0.5, 0.6) is 0 Å². The van der Waals surface area contributed by atoms with Crippen LogP contribution in [0, 0.1) is 3.70 Å². The summed E-state index contributed by atoms with van der Waals surface area (Å²) in [6.07, 6.45) is 3.65. The van der Waals surface area contributed by atoms with Crippen LogP contribution in [0.2, 0.25) is 0 Å². The van der Waals surface area contributed by atoms with Crippen LogP contribution in [0.25, 0.3) is 0 Å². The van der Waals surface area contributed by atoms with E-state index < -0.39 is 0 Å².